The van der Waals surface area contributed by atoms with Crippen molar-refractivity contribution in [3.05, 3.63) is 77.6 Å². The number of benzene rings is 2. The van der Waals surface area contributed by atoms with Gasteiger partial charge in [0.1, 0.15) is 13.2 Å². The second-order valence-electron chi connectivity index (χ2n) is 6.61. The minimum absolute atomic E-state index is 0.512. The Balaban J connectivity index is 1.48. The predicted molar refractivity (Wildman–Crippen MR) is 117 cm³/mol. The summed E-state index contributed by atoms with van der Waals surface area (Å²) >= 11 is 7.97. The molecule has 0 atom stereocenters. The summed E-state index contributed by atoms with van der Waals surface area (Å²) in [5.41, 5.74) is 2.92. The number of hydrogen-bond donors (Lipinski definition) is 0. The van der Waals surface area contributed by atoms with Gasteiger partial charge in [-0.1, -0.05) is 41.6 Å². The predicted octanol–water partition coefficient (Wildman–Crippen LogP) is 5.05. The van der Waals surface area contributed by atoms with E-state index in [0.29, 0.717) is 35.5 Å². The highest BCUT2D eigenvalue weighted by Gasteiger charge is 2.19. The molecule has 8 heteroatoms. The Bertz CT molecular complexity index is 1170. The number of rotatable bonds is 5. The lowest BCUT2D eigenvalue weighted by molar-refractivity contribution is 0.171. The Labute approximate surface area is 182 Å². The zero-order valence-corrected chi connectivity index (χ0v) is 17.4. The Morgan fingerprint density at radius 3 is 2.70 bits per heavy atom. The smallest absolute Gasteiger partial charge is 0.196 e. The van der Waals surface area contributed by atoms with Gasteiger partial charge in [0.15, 0.2) is 22.5 Å². The Kier molecular flexibility index (Phi) is 5.29. The third-order valence-electron chi connectivity index (χ3n) is 4.59. The van der Waals surface area contributed by atoms with Gasteiger partial charge in [-0.2, -0.15) is 0 Å². The number of aromatic nitrogens is 4. The summed E-state index contributed by atoms with van der Waals surface area (Å²) in [6, 6.07) is 17.8. The normalized spacial score (nSPS) is 12.7. The van der Waals surface area contributed by atoms with Gasteiger partial charge < -0.3 is 9.47 Å². The molecular formula is C22H17ClN4O2S. The van der Waals surface area contributed by atoms with E-state index < -0.39 is 0 Å². The largest absolute Gasteiger partial charge is 0.486 e. The molecule has 0 unspecified atom stereocenters. The van der Waals surface area contributed by atoms with Crippen molar-refractivity contribution in [1.82, 2.24) is 19.7 Å². The zero-order chi connectivity index (χ0) is 20.3. The molecule has 0 saturated heterocycles. The van der Waals surface area contributed by atoms with Crippen molar-refractivity contribution < 1.29 is 9.47 Å². The highest BCUT2D eigenvalue weighted by atomic mass is 35.5. The van der Waals surface area contributed by atoms with Crippen LogP contribution in [0, 0.1) is 0 Å². The zero-order valence-electron chi connectivity index (χ0n) is 15.9. The van der Waals surface area contributed by atoms with Crippen LogP contribution >= 0.6 is 23.4 Å². The highest BCUT2D eigenvalue weighted by Crippen LogP contribution is 2.40. The third-order valence-corrected chi connectivity index (χ3v) is 5.87. The van der Waals surface area contributed by atoms with Crippen molar-refractivity contribution in [2.75, 3.05) is 13.2 Å². The Hall–Kier alpha value is -3.03. The number of fused-ring (bicyclic) bond motifs is 1. The lowest BCUT2D eigenvalue weighted by Crippen LogP contribution is -2.15. The van der Waals surface area contributed by atoms with E-state index in [1.807, 2.05) is 59.2 Å². The van der Waals surface area contributed by atoms with Crippen LogP contribution < -0.4 is 9.47 Å². The summed E-state index contributed by atoms with van der Waals surface area (Å²) in [5, 5.41) is 10.2. The Morgan fingerprint density at radius 1 is 1.00 bits per heavy atom. The lowest BCUT2D eigenvalue weighted by Gasteiger charge is -2.20. The maximum Gasteiger partial charge on any atom is 0.196 e. The summed E-state index contributed by atoms with van der Waals surface area (Å²) in [6.07, 6.45) is 3.53. The maximum atomic E-state index is 6.39. The number of nitrogens with zero attached hydrogens (tertiary/aromatic N) is 4. The summed E-state index contributed by atoms with van der Waals surface area (Å²) in [5.74, 6) is 2.71. The lowest BCUT2D eigenvalue weighted by atomic mass is 10.2. The standard InChI is InChI=1S/C22H17ClN4O2S/c23-18-11-15(12-19-20(18)29-10-9-28-19)14-30-22-26-25-21(16-5-4-8-24-13-16)27(22)17-6-2-1-3-7-17/h1-8,11-13H,9-10,14H2. The first-order chi connectivity index (χ1) is 14.8. The quantitative estimate of drug-likeness (QED) is 0.408. The van der Waals surface area contributed by atoms with E-state index in [1.165, 1.54) is 0 Å². The molecule has 0 N–H and O–H groups in total. The summed E-state index contributed by atoms with van der Waals surface area (Å²) in [6.45, 7) is 1.04. The number of pyridine rings is 1. The number of thioether (sulfide) groups is 1. The van der Waals surface area contributed by atoms with E-state index in [-0.39, 0.29) is 0 Å². The fourth-order valence-electron chi connectivity index (χ4n) is 3.25. The molecule has 3 heterocycles. The minimum atomic E-state index is 0.512. The van der Waals surface area contributed by atoms with E-state index in [2.05, 4.69) is 15.2 Å². The van der Waals surface area contributed by atoms with E-state index in [0.717, 1.165) is 27.8 Å². The third kappa shape index (κ3) is 3.74. The fourth-order valence-corrected chi connectivity index (χ4v) is 4.42. The molecule has 30 heavy (non-hydrogen) atoms. The van der Waals surface area contributed by atoms with Gasteiger partial charge in [-0.05, 0) is 42.0 Å². The number of halogens is 1. The molecule has 4 aromatic rings. The van der Waals surface area contributed by atoms with Gasteiger partial charge in [-0.15, -0.1) is 10.2 Å². The summed E-state index contributed by atoms with van der Waals surface area (Å²) in [4.78, 5) is 4.22. The van der Waals surface area contributed by atoms with Gasteiger partial charge in [0, 0.05) is 29.4 Å². The molecule has 0 fully saturated rings. The molecule has 0 spiro atoms. The molecule has 2 aromatic carbocycles. The average molecular weight is 437 g/mol. The van der Waals surface area contributed by atoms with Gasteiger partial charge in [-0.25, -0.2) is 0 Å². The molecule has 1 aliphatic heterocycles. The van der Waals surface area contributed by atoms with Crippen LogP contribution in [0.1, 0.15) is 5.56 Å². The first-order valence-electron chi connectivity index (χ1n) is 9.41. The molecule has 0 radical (unpaired) electrons. The first kappa shape index (κ1) is 19.0. The van der Waals surface area contributed by atoms with Crippen LogP contribution in [0.5, 0.6) is 11.5 Å². The van der Waals surface area contributed by atoms with Crippen molar-refractivity contribution >= 4 is 23.4 Å². The van der Waals surface area contributed by atoms with Crippen molar-refractivity contribution in [3.8, 4) is 28.6 Å². The molecule has 0 aliphatic carbocycles. The topological polar surface area (TPSA) is 62.1 Å². The second-order valence-corrected chi connectivity index (χ2v) is 7.96. The van der Waals surface area contributed by atoms with Crippen molar-refractivity contribution in [3.63, 3.8) is 0 Å². The van der Waals surface area contributed by atoms with Crippen molar-refractivity contribution in [2.45, 2.75) is 10.9 Å². The molecule has 0 amide bonds. The molecule has 2 aromatic heterocycles. The van der Waals surface area contributed by atoms with Gasteiger partial charge in [0.05, 0.1) is 5.02 Å². The van der Waals surface area contributed by atoms with Gasteiger partial charge in [0.2, 0.25) is 0 Å². The van der Waals surface area contributed by atoms with Gasteiger partial charge in [0.25, 0.3) is 0 Å². The first-order valence-corrected chi connectivity index (χ1v) is 10.8. The molecule has 0 bridgehead atoms. The SMILES string of the molecule is Clc1cc(CSc2nnc(-c3cccnc3)n2-c2ccccc2)cc2c1OCCO2. The van der Waals surface area contributed by atoms with Crippen LogP contribution in [0.4, 0.5) is 0 Å². The number of ether oxygens (including phenoxy) is 2. The molecule has 1 aliphatic rings. The van der Waals surface area contributed by atoms with E-state index in [9.17, 15) is 0 Å². The number of para-hydroxylation sites is 1. The van der Waals surface area contributed by atoms with Crippen LogP contribution in [0.15, 0.2) is 72.1 Å². The van der Waals surface area contributed by atoms with E-state index in [1.54, 1.807) is 24.2 Å². The molecular weight excluding hydrogens is 420 g/mol. The second kappa shape index (κ2) is 8.38. The molecule has 5 rings (SSSR count). The van der Waals surface area contributed by atoms with Crippen LogP contribution in [-0.4, -0.2) is 33.0 Å². The summed E-state index contributed by atoms with van der Waals surface area (Å²) < 4.78 is 13.3. The fraction of sp³-hybridized carbons (Fsp3) is 0.136. The monoisotopic (exact) mass is 436 g/mol. The number of hydrogen-bond acceptors (Lipinski definition) is 6. The molecule has 150 valence electrons. The van der Waals surface area contributed by atoms with Crippen LogP contribution in [0.25, 0.3) is 17.1 Å². The van der Waals surface area contributed by atoms with E-state index in [4.69, 9.17) is 21.1 Å². The molecule has 0 saturated carbocycles. The molecule has 6 nitrogen and oxygen atoms in total. The van der Waals surface area contributed by atoms with Crippen LogP contribution in [0.3, 0.4) is 0 Å². The van der Waals surface area contributed by atoms with Crippen LogP contribution in [-0.2, 0) is 5.75 Å². The van der Waals surface area contributed by atoms with Crippen LogP contribution in [0.2, 0.25) is 5.02 Å². The summed E-state index contributed by atoms with van der Waals surface area (Å²) in [7, 11) is 0. The van der Waals surface area contributed by atoms with E-state index >= 15 is 0 Å². The van der Waals surface area contributed by atoms with Gasteiger partial charge >= 0.3 is 0 Å². The van der Waals surface area contributed by atoms with Crippen molar-refractivity contribution in [2.24, 2.45) is 0 Å². The van der Waals surface area contributed by atoms with Crippen molar-refractivity contribution in [1.29, 1.82) is 0 Å². The average Bonchev–Trinajstić information content (AvgIpc) is 3.23. The maximum absolute atomic E-state index is 6.39. The minimum Gasteiger partial charge on any atom is -0.486 e. The van der Waals surface area contributed by atoms with Gasteiger partial charge in [-0.3, -0.25) is 9.55 Å². The highest BCUT2D eigenvalue weighted by molar-refractivity contribution is 7.98. The Morgan fingerprint density at radius 2 is 1.87 bits per heavy atom.